The highest BCUT2D eigenvalue weighted by atomic mass is 79.9. The molecule has 1 unspecified atom stereocenters. The normalized spacial score (nSPS) is 24.3. The number of rotatable bonds is 2. The van der Waals surface area contributed by atoms with E-state index in [1.54, 1.807) is 24.3 Å². The summed E-state index contributed by atoms with van der Waals surface area (Å²) in [5, 5.41) is 0. The third-order valence-electron chi connectivity index (χ3n) is 3.60. The lowest BCUT2D eigenvalue weighted by molar-refractivity contribution is 0.270. The van der Waals surface area contributed by atoms with Crippen molar-refractivity contribution < 1.29 is 8.42 Å². The lowest BCUT2D eigenvalue weighted by Gasteiger charge is -2.33. The summed E-state index contributed by atoms with van der Waals surface area (Å²) >= 11 is 3.29. The predicted octanol–water partition coefficient (Wildman–Crippen LogP) is 1.95. The van der Waals surface area contributed by atoms with Gasteiger partial charge in [-0.2, -0.15) is 4.31 Å². The van der Waals surface area contributed by atoms with Crippen molar-refractivity contribution >= 4 is 26.0 Å². The maximum absolute atomic E-state index is 12.7. The lowest BCUT2D eigenvalue weighted by Crippen LogP contribution is -2.50. The molecule has 0 spiro atoms. The highest BCUT2D eigenvalue weighted by Gasteiger charge is 2.46. The third kappa shape index (κ3) is 2.11. The number of nitrogens with zero attached hydrogens (tertiary/aromatic N) is 1. The van der Waals surface area contributed by atoms with E-state index in [1.165, 1.54) is 4.31 Å². The van der Waals surface area contributed by atoms with Crippen LogP contribution in [0, 0.1) is 0 Å². The number of sulfonamides is 1. The van der Waals surface area contributed by atoms with E-state index in [9.17, 15) is 8.42 Å². The van der Waals surface area contributed by atoms with Crippen molar-refractivity contribution in [2.75, 3.05) is 6.54 Å². The molecule has 4 nitrogen and oxygen atoms in total. The first-order chi connectivity index (χ1) is 8.28. The van der Waals surface area contributed by atoms with Gasteiger partial charge in [-0.3, -0.25) is 0 Å². The summed E-state index contributed by atoms with van der Waals surface area (Å²) in [5.74, 6) is 0. The molecule has 6 heteroatoms. The molecular formula is C12H17BrN2O2S. The number of halogens is 1. The van der Waals surface area contributed by atoms with Crippen LogP contribution in [0.15, 0.2) is 33.6 Å². The summed E-state index contributed by atoms with van der Waals surface area (Å²) in [5.41, 5.74) is 5.45. The van der Waals surface area contributed by atoms with Crippen LogP contribution >= 0.6 is 15.9 Å². The van der Waals surface area contributed by atoms with E-state index in [4.69, 9.17) is 5.73 Å². The second-order valence-corrected chi connectivity index (χ2v) is 7.74. The summed E-state index contributed by atoms with van der Waals surface area (Å²) in [6, 6.07) is 6.73. The SMILES string of the molecule is CC1(C)C(N)CCN1S(=O)(=O)c1ccccc1Br. The molecule has 0 radical (unpaired) electrons. The van der Waals surface area contributed by atoms with E-state index in [2.05, 4.69) is 15.9 Å². The van der Waals surface area contributed by atoms with Crippen molar-refractivity contribution in [1.82, 2.24) is 4.31 Å². The number of hydrogen-bond donors (Lipinski definition) is 1. The quantitative estimate of drug-likeness (QED) is 0.900. The summed E-state index contributed by atoms with van der Waals surface area (Å²) < 4.78 is 27.4. The highest BCUT2D eigenvalue weighted by molar-refractivity contribution is 9.10. The van der Waals surface area contributed by atoms with Gasteiger partial charge in [-0.15, -0.1) is 0 Å². The van der Waals surface area contributed by atoms with Crippen LogP contribution in [0.4, 0.5) is 0 Å². The molecule has 1 aromatic rings. The summed E-state index contributed by atoms with van der Waals surface area (Å²) in [6.07, 6.45) is 0.691. The Kier molecular flexibility index (Phi) is 3.57. The Bertz CT molecular complexity index is 557. The van der Waals surface area contributed by atoms with Gasteiger partial charge in [0.05, 0.1) is 4.90 Å². The zero-order chi connectivity index (χ0) is 13.6. The van der Waals surface area contributed by atoms with E-state index in [-0.39, 0.29) is 6.04 Å². The van der Waals surface area contributed by atoms with E-state index in [1.807, 2.05) is 13.8 Å². The Labute approximate surface area is 116 Å². The monoisotopic (exact) mass is 332 g/mol. The van der Waals surface area contributed by atoms with Gasteiger partial charge in [0, 0.05) is 22.6 Å². The fourth-order valence-corrected chi connectivity index (χ4v) is 5.09. The number of hydrogen-bond acceptors (Lipinski definition) is 3. The van der Waals surface area contributed by atoms with E-state index >= 15 is 0 Å². The van der Waals surface area contributed by atoms with Crippen LogP contribution in [0.1, 0.15) is 20.3 Å². The molecule has 0 bridgehead atoms. The Balaban J connectivity index is 2.48. The molecule has 0 saturated carbocycles. The molecule has 1 aromatic carbocycles. The van der Waals surface area contributed by atoms with Gasteiger partial charge in [0.15, 0.2) is 0 Å². The van der Waals surface area contributed by atoms with Gasteiger partial charge in [-0.1, -0.05) is 12.1 Å². The Morgan fingerprint density at radius 3 is 2.50 bits per heavy atom. The first-order valence-corrected chi connectivity index (χ1v) is 8.04. The fraction of sp³-hybridized carbons (Fsp3) is 0.500. The number of benzene rings is 1. The maximum Gasteiger partial charge on any atom is 0.244 e. The van der Waals surface area contributed by atoms with Gasteiger partial charge < -0.3 is 5.73 Å². The van der Waals surface area contributed by atoms with Gasteiger partial charge in [-0.05, 0) is 48.3 Å². The van der Waals surface area contributed by atoms with Gasteiger partial charge in [0.2, 0.25) is 10.0 Å². The van der Waals surface area contributed by atoms with Crippen LogP contribution < -0.4 is 5.73 Å². The van der Waals surface area contributed by atoms with Gasteiger partial charge in [-0.25, -0.2) is 8.42 Å². The lowest BCUT2D eigenvalue weighted by atomic mass is 9.98. The molecule has 1 fully saturated rings. The highest BCUT2D eigenvalue weighted by Crippen LogP contribution is 2.35. The minimum absolute atomic E-state index is 0.130. The molecule has 2 N–H and O–H groups in total. The van der Waals surface area contributed by atoms with Crippen molar-refractivity contribution in [1.29, 1.82) is 0 Å². The van der Waals surface area contributed by atoms with Crippen LogP contribution in [0.5, 0.6) is 0 Å². The van der Waals surface area contributed by atoms with Crippen molar-refractivity contribution in [2.45, 2.75) is 36.7 Å². The third-order valence-corrected chi connectivity index (χ3v) is 6.70. The summed E-state index contributed by atoms with van der Waals surface area (Å²) in [4.78, 5) is 0.298. The standard InChI is InChI=1S/C12H17BrN2O2S/c1-12(2)11(14)7-8-15(12)18(16,17)10-6-4-3-5-9(10)13/h3-6,11H,7-8,14H2,1-2H3. The molecule has 1 aliphatic rings. The second kappa shape index (κ2) is 4.59. The Morgan fingerprint density at radius 2 is 2.00 bits per heavy atom. The van der Waals surface area contributed by atoms with Gasteiger partial charge in [0.25, 0.3) is 0 Å². The molecule has 0 aliphatic carbocycles. The van der Waals surface area contributed by atoms with Crippen molar-refractivity contribution in [2.24, 2.45) is 5.73 Å². The van der Waals surface area contributed by atoms with E-state index in [0.29, 0.717) is 22.3 Å². The number of nitrogens with two attached hydrogens (primary N) is 1. The Hall–Kier alpha value is -0.430. The first-order valence-electron chi connectivity index (χ1n) is 5.81. The van der Waals surface area contributed by atoms with Crippen LogP contribution in [0.3, 0.4) is 0 Å². The zero-order valence-electron chi connectivity index (χ0n) is 10.4. The molecule has 1 aliphatic heterocycles. The average Bonchev–Trinajstić information content (AvgIpc) is 2.54. The minimum Gasteiger partial charge on any atom is -0.326 e. The fourth-order valence-electron chi connectivity index (χ4n) is 2.29. The summed E-state index contributed by atoms with van der Waals surface area (Å²) in [7, 11) is -3.50. The summed E-state index contributed by atoms with van der Waals surface area (Å²) in [6.45, 7) is 4.22. The van der Waals surface area contributed by atoms with Crippen molar-refractivity contribution in [3.63, 3.8) is 0 Å². The Morgan fingerprint density at radius 1 is 1.39 bits per heavy atom. The molecular weight excluding hydrogens is 316 g/mol. The molecule has 2 rings (SSSR count). The van der Waals surface area contributed by atoms with Crippen molar-refractivity contribution in [3.05, 3.63) is 28.7 Å². The largest absolute Gasteiger partial charge is 0.326 e. The first kappa shape index (κ1) is 14.0. The molecule has 1 atom stereocenters. The molecule has 1 heterocycles. The minimum atomic E-state index is -3.50. The predicted molar refractivity (Wildman–Crippen MR) is 74.7 cm³/mol. The molecule has 0 aromatic heterocycles. The maximum atomic E-state index is 12.7. The van der Waals surface area contributed by atoms with Crippen LogP contribution in [-0.4, -0.2) is 30.8 Å². The van der Waals surface area contributed by atoms with Gasteiger partial charge in [0.1, 0.15) is 0 Å². The molecule has 0 amide bonds. The van der Waals surface area contributed by atoms with Crippen LogP contribution in [-0.2, 0) is 10.0 Å². The second-order valence-electron chi connectivity index (χ2n) is 5.06. The molecule has 1 saturated heterocycles. The zero-order valence-corrected chi connectivity index (χ0v) is 12.8. The molecule has 18 heavy (non-hydrogen) atoms. The van der Waals surface area contributed by atoms with Gasteiger partial charge >= 0.3 is 0 Å². The van der Waals surface area contributed by atoms with Crippen LogP contribution in [0.25, 0.3) is 0 Å². The average molecular weight is 333 g/mol. The smallest absolute Gasteiger partial charge is 0.244 e. The van der Waals surface area contributed by atoms with Crippen molar-refractivity contribution in [3.8, 4) is 0 Å². The van der Waals surface area contributed by atoms with Crippen LogP contribution in [0.2, 0.25) is 0 Å². The van der Waals surface area contributed by atoms with E-state index < -0.39 is 15.6 Å². The molecule has 100 valence electrons. The van der Waals surface area contributed by atoms with E-state index in [0.717, 1.165) is 0 Å². The topological polar surface area (TPSA) is 63.4 Å².